The van der Waals surface area contributed by atoms with Crippen LogP contribution >= 0.6 is 23.2 Å². The normalized spacial score (nSPS) is 11.8. The van der Waals surface area contributed by atoms with E-state index in [9.17, 15) is 0 Å². The number of aromatic amines is 1. The maximum atomic E-state index is 5.67. The minimum Gasteiger partial charge on any atom is -0.262 e. The molecule has 0 aliphatic rings. The second kappa shape index (κ2) is 5.09. The van der Waals surface area contributed by atoms with Gasteiger partial charge in [0.15, 0.2) is 0 Å². The molecule has 0 fully saturated rings. The first-order valence-corrected chi connectivity index (χ1v) is 5.32. The van der Waals surface area contributed by atoms with Gasteiger partial charge in [0.25, 0.3) is 0 Å². The Bertz CT molecular complexity index is 513. The maximum absolute atomic E-state index is 5.67. The van der Waals surface area contributed by atoms with Crippen LogP contribution in [0.15, 0.2) is 35.5 Å². The van der Waals surface area contributed by atoms with Crippen molar-refractivity contribution in [3.63, 3.8) is 0 Å². The molecule has 4 nitrogen and oxygen atoms in total. The summed E-state index contributed by atoms with van der Waals surface area (Å²) in [5.41, 5.74) is 1.65. The third kappa shape index (κ3) is 3.05. The Kier molecular flexibility index (Phi) is 3.54. The molecule has 2 heterocycles. The number of nitrogens with one attached hydrogen (secondary N) is 1. The van der Waals surface area contributed by atoms with Crippen molar-refractivity contribution in [1.29, 1.82) is 0 Å². The predicted octanol–water partition coefficient (Wildman–Crippen LogP) is 2.21. The summed E-state index contributed by atoms with van der Waals surface area (Å²) < 4.78 is 0. The standard InChI is InChI=1S/C10H8Cl2N4/c11-8-2-1-7(5-13-8)6-14-10-4-3-9(12)15-16-10/h1-5H,6H2,(H,14,16). The van der Waals surface area contributed by atoms with Crippen LogP contribution in [0.3, 0.4) is 0 Å². The first-order valence-electron chi connectivity index (χ1n) is 4.56. The van der Waals surface area contributed by atoms with Crippen LogP contribution in [0.25, 0.3) is 0 Å². The van der Waals surface area contributed by atoms with Crippen LogP contribution in [-0.2, 0) is 6.54 Å². The quantitative estimate of drug-likeness (QED) is 0.836. The van der Waals surface area contributed by atoms with Gasteiger partial charge in [-0.25, -0.2) is 4.98 Å². The van der Waals surface area contributed by atoms with E-state index in [1.54, 1.807) is 24.4 Å². The van der Waals surface area contributed by atoms with Crippen LogP contribution in [0, 0.1) is 0 Å². The number of nitrogens with zero attached hydrogens (tertiary/aromatic N) is 3. The summed E-state index contributed by atoms with van der Waals surface area (Å²) in [5, 5.41) is 7.42. The first-order chi connectivity index (χ1) is 7.74. The lowest BCUT2D eigenvalue weighted by atomic mass is 10.3. The van der Waals surface area contributed by atoms with Gasteiger partial charge in [0, 0.05) is 6.20 Å². The van der Waals surface area contributed by atoms with Crippen LogP contribution in [0.1, 0.15) is 5.56 Å². The van der Waals surface area contributed by atoms with E-state index < -0.39 is 0 Å². The highest BCUT2D eigenvalue weighted by Gasteiger charge is 1.92. The fourth-order valence-corrected chi connectivity index (χ4v) is 1.31. The van der Waals surface area contributed by atoms with Crippen molar-refractivity contribution in [3.8, 4) is 0 Å². The van der Waals surface area contributed by atoms with Crippen molar-refractivity contribution < 1.29 is 0 Å². The van der Waals surface area contributed by atoms with E-state index in [0.717, 1.165) is 5.56 Å². The third-order valence-electron chi connectivity index (χ3n) is 1.88. The Hall–Kier alpha value is -1.39. The topological polar surface area (TPSA) is 53.9 Å². The van der Waals surface area contributed by atoms with Gasteiger partial charge in [-0.2, -0.15) is 5.10 Å². The molecular formula is C10H8Cl2N4. The fourth-order valence-electron chi connectivity index (χ4n) is 1.10. The number of H-pyrrole nitrogens is 1. The molecule has 0 amide bonds. The Labute approximate surface area is 102 Å². The smallest absolute Gasteiger partial charge is 0.149 e. The maximum Gasteiger partial charge on any atom is 0.149 e. The Morgan fingerprint density at radius 3 is 2.56 bits per heavy atom. The average Bonchev–Trinajstić information content (AvgIpc) is 2.30. The second-order valence-corrected chi connectivity index (χ2v) is 3.84. The SMILES string of the molecule is Clc1ccc(C/N=c2\ccc(Cl)n[nH]2)cn1. The molecule has 0 spiro atoms. The molecule has 16 heavy (non-hydrogen) atoms. The molecule has 0 unspecified atom stereocenters. The lowest BCUT2D eigenvalue weighted by Gasteiger charge is -1.95. The molecule has 0 saturated carbocycles. The van der Waals surface area contributed by atoms with E-state index in [-0.39, 0.29) is 0 Å². The molecule has 0 bridgehead atoms. The number of hydrogen-bond acceptors (Lipinski definition) is 3. The molecule has 2 aromatic rings. The Morgan fingerprint density at radius 2 is 1.94 bits per heavy atom. The van der Waals surface area contributed by atoms with Crippen molar-refractivity contribution in [2.75, 3.05) is 0 Å². The molecule has 6 heteroatoms. The molecule has 0 aromatic carbocycles. The third-order valence-corrected chi connectivity index (χ3v) is 2.31. The van der Waals surface area contributed by atoms with E-state index in [2.05, 4.69) is 20.2 Å². The van der Waals surface area contributed by atoms with Gasteiger partial charge >= 0.3 is 0 Å². The van der Waals surface area contributed by atoms with E-state index >= 15 is 0 Å². The van der Waals surface area contributed by atoms with E-state index in [0.29, 0.717) is 22.3 Å². The van der Waals surface area contributed by atoms with Gasteiger partial charge < -0.3 is 0 Å². The first kappa shape index (κ1) is 11.1. The van der Waals surface area contributed by atoms with Crippen molar-refractivity contribution in [1.82, 2.24) is 15.2 Å². The lowest BCUT2D eigenvalue weighted by Crippen LogP contribution is -2.08. The monoisotopic (exact) mass is 254 g/mol. The summed E-state index contributed by atoms with van der Waals surface area (Å²) in [7, 11) is 0. The summed E-state index contributed by atoms with van der Waals surface area (Å²) in [6.07, 6.45) is 1.69. The number of halogens is 2. The van der Waals surface area contributed by atoms with Gasteiger partial charge in [-0.05, 0) is 23.8 Å². The van der Waals surface area contributed by atoms with Gasteiger partial charge in [0.05, 0.1) is 6.54 Å². The zero-order chi connectivity index (χ0) is 11.4. The fraction of sp³-hybridized carbons (Fsp3) is 0.100. The highest BCUT2D eigenvalue weighted by atomic mass is 35.5. The second-order valence-electron chi connectivity index (χ2n) is 3.07. The predicted molar refractivity (Wildman–Crippen MR) is 62.1 cm³/mol. The van der Waals surface area contributed by atoms with Crippen LogP contribution in [-0.4, -0.2) is 15.2 Å². The van der Waals surface area contributed by atoms with Crippen molar-refractivity contribution in [2.24, 2.45) is 4.99 Å². The van der Waals surface area contributed by atoms with E-state index in [1.807, 2.05) is 6.07 Å². The molecule has 0 radical (unpaired) electrons. The largest absolute Gasteiger partial charge is 0.262 e. The summed E-state index contributed by atoms with van der Waals surface area (Å²) in [6.45, 7) is 0.518. The lowest BCUT2D eigenvalue weighted by molar-refractivity contribution is 0.891. The number of rotatable bonds is 2. The molecule has 1 N–H and O–H groups in total. The van der Waals surface area contributed by atoms with Gasteiger partial charge in [-0.15, -0.1) is 0 Å². The summed E-state index contributed by atoms with van der Waals surface area (Å²) in [5.74, 6) is 0. The number of pyridine rings is 1. The molecule has 0 atom stereocenters. The van der Waals surface area contributed by atoms with Crippen LogP contribution in [0.4, 0.5) is 0 Å². The highest BCUT2D eigenvalue weighted by molar-refractivity contribution is 6.29. The van der Waals surface area contributed by atoms with E-state index in [4.69, 9.17) is 23.2 Å². The van der Waals surface area contributed by atoms with Crippen molar-refractivity contribution >= 4 is 23.2 Å². The molecular weight excluding hydrogens is 247 g/mol. The van der Waals surface area contributed by atoms with Gasteiger partial charge in [0.1, 0.15) is 15.8 Å². The van der Waals surface area contributed by atoms with Crippen molar-refractivity contribution in [2.45, 2.75) is 6.54 Å². The average molecular weight is 255 g/mol. The Balaban J connectivity index is 2.14. The summed E-state index contributed by atoms with van der Waals surface area (Å²) in [6, 6.07) is 7.05. The van der Waals surface area contributed by atoms with Crippen LogP contribution in [0.2, 0.25) is 10.3 Å². The molecule has 0 saturated heterocycles. The molecule has 2 aromatic heterocycles. The molecule has 82 valence electrons. The summed E-state index contributed by atoms with van der Waals surface area (Å²) in [4.78, 5) is 8.25. The number of aromatic nitrogens is 3. The Morgan fingerprint density at radius 1 is 1.12 bits per heavy atom. The van der Waals surface area contributed by atoms with Crippen molar-refractivity contribution in [3.05, 3.63) is 51.8 Å². The van der Waals surface area contributed by atoms with Gasteiger partial charge in [-0.1, -0.05) is 29.3 Å². The zero-order valence-electron chi connectivity index (χ0n) is 8.19. The number of hydrogen-bond donors (Lipinski definition) is 1. The molecule has 2 rings (SSSR count). The van der Waals surface area contributed by atoms with E-state index in [1.165, 1.54) is 0 Å². The highest BCUT2D eigenvalue weighted by Crippen LogP contribution is 2.05. The molecule has 0 aliphatic heterocycles. The van der Waals surface area contributed by atoms with Gasteiger partial charge in [0.2, 0.25) is 0 Å². The minimum absolute atomic E-state index is 0.409. The van der Waals surface area contributed by atoms with Gasteiger partial charge in [-0.3, -0.25) is 10.1 Å². The molecule has 0 aliphatic carbocycles. The minimum atomic E-state index is 0.409. The zero-order valence-corrected chi connectivity index (χ0v) is 9.70. The van der Waals surface area contributed by atoms with Crippen LogP contribution in [0.5, 0.6) is 0 Å². The summed E-state index contributed by atoms with van der Waals surface area (Å²) >= 11 is 11.3. The van der Waals surface area contributed by atoms with Crippen LogP contribution < -0.4 is 5.49 Å².